The van der Waals surface area contributed by atoms with E-state index < -0.39 is 0 Å². The van der Waals surface area contributed by atoms with E-state index in [0.717, 1.165) is 61.8 Å². The van der Waals surface area contributed by atoms with E-state index in [1.807, 2.05) is 44.2 Å². The van der Waals surface area contributed by atoms with Crippen LogP contribution in [0.5, 0.6) is 0 Å². The monoisotopic (exact) mass is 410 g/mol. The van der Waals surface area contributed by atoms with E-state index in [4.69, 9.17) is 11.6 Å². The van der Waals surface area contributed by atoms with Gasteiger partial charge in [-0.2, -0.15) is 0 Å². The summed E-state index contributed by atoms with van der Waals surface area (Å²) in [7, 11) is 0. The van der Waals surface area contributed by atoms with Crippen molar-refractivity contribution >= 4 is 29.9 Å². The second-order valence-corrected chi connectivity index (χ2v) is 7.24. The van der Waals surface area contributed by atoms with Gasteiger partial charge in [-0.25, -0.2) is 0 Å². The maximum Gasteiger partial charge on any atom is 0.253 e. The van der Waals surface area contributed by atoms with Crippen LogP contribution in [0.15, 0.2) is 30.3 Å². The van der Waals surface area contributed by atoms with Crippen molar-refractivity contribution in [2.45, 2.75) is 20.3 Å². The van der Waals surface area contributed by atoms with Crippen LogP contribution in [0.3, 0.4) is 0 Å². The van der Waals surface area contributed by atoms with E-state index in [1.54, 1.807) is 0 Å². The molecule has 1 aliphatic rings. The number of amides is 1. The summed E-state index contributed by atoms with van der Waals surface area (Å²) in [5.74, 6) is -0.00770. The van der Waals surface area contributed by atoms with Crippen LogP contribution in [0.4, 0.5) is 0 Å². The standard InChI is InChI=1S/C20H27ClN4O.ClH/c1-15-13-19(16(2)25(15)18-6-3-5-17(21)14-18)20(26)23-7-4-10-24-11-8-22-9-12-24;/h3,5-6,13-14,22H,4,7-12H2,1-2H3,(H,23,26);1H. The summed E-state index contributed by atoms with van der Waals surface area (Å²) in [5.41, 5.74) is 3.66. The van der Waals surface area contributed by atoms with Crippen LogP contribution in [0.2, 0.25) is 5.02 Å². The molecule has 1 amide bonds. The van der Waals surface area contributed by atoms with Gasteiger partial charge in [0.25, 0.3) is 5.91 Å². The molecule has 0 aliphatic carbocycles. The summed E-state index contributed by atoms with van der Waals surface area (Å²) in [6, 6.07) is 9.64. The number of aromatic nitrogens is 1. The molecule has 1 fully saturated rings. The highest BCUT2D eigenvalue weighted by Gasteiger charge is 2.17. The Hall–Kier alpha value is -1.53. The van der Waals surface area contributed by atoms with Crippen LogP contribution in [0.25, 0.3) is 5.69 Å². The van der Waals surface area contributed by atoms with E-state index >= 15 is 0 Å². The third-order valence-corrected chi connectivity index (χ3v) is 5.12. The van der Waals surface area contributed by atoms with Crippen LogP contribution in [0.1, 0.15) is 28.2 Å². The second kappa shape index (κ2) is 10.1. The van der Waals surface area contributed by atoms with E-state index in [2.05, 4.69) is 20.1 Å². The maximum absolute atomic E-state index is 12.6. The molecule has 5 nitrogen and oxygen atoms in total. The van der Waals surface area contributed by atoms with E-state index in [9.17, 15) is 4.79 Å². The summed E-state index contributed by atoms with van der Waals surface area (Å²) in [6.45, 7) is 10.0. The Kier molecular flexibility index (Phi) is 8.17. The quantitative estimate of drug-likeness (QED) is 0.718. The number of nitrogens with one attached hydrogen (secondary N) is 2. The first-order valence-corrected chi connectivity index (χ1v) is 9.60. The summed E-state index contributed by atoms with van der Waals surface area (Å²) >= 11 is 6.12. The molecule has 0 radical (unpaired) electrons. The lowest BCUT2D eigenvalue weighted by atomic mass is 10.2. The van der Waals surface area contributed by atoms with Crippen molar-refractivity contribution in [2.75, 3.05) is 39.3 Å². The number of benzene rings is 1. The number of hydrogen-bond donors (Lipinski definition) is 2. The van der Waals surface area contributed by atoms with Gasteiger partial charge < -0.3 is 20.1 Å². The number of halogens is 2. The second-order valence-electron chi connectivity index (χ2n) is 6.80. The Labute approximate surface area is 172 Å². The van der Waals surface area contributed by atoms with Gasteiger partial charge >= 0.3 is 0 Å². The van der Waals surface area contributed by atoms with Crippen molar-refractivity contribution in [2.24, 2.45) is 0 Å². The van der Waals surface area contributed by atoms with E-state index in [1.165, 1.54) is 0 Å². The smallest absolute Gasteiger partial charge is 0.253 e. The van der Waals surface area contributed by atoms with Gasteiger partial charge in [-0.1, -0.05) is 17.7 Å². The van der Waals surface area contributed by atoms with Crippen LogP contribution < -0.4 is 10.6 Å². The third kappa shape index (κ3) is 5.48. The molecule has 27 heavy (non-hydrogen) atoms. The predicted octanol–water partition coefficient (Wildman–Crippen LogP) is 3.19. The zero-order valence-corrected chi connectivity index (χ0v) is 17.5. The molecule has 0 bridgehead atoms. The molecule has 1 aromatic carbocycles. The molecule has 0 unspecified atom stereocenters. The average molecular weight is 411 g/mol. The van der Waals surface area contributed by atoms with Gasteiger partial charge in [0.15, 0.2) is 0 Å². The van der Waals surface area contributed by atoms with Gasteiger partial charge in [0.05, 0.1) is 5.56 Å². The van der Waals surface area contributed by atoms with Crippen molar-refractivity contribution in [1.29, 1.82) is 0 Å². The number of piperazine rings is 1. The average Bonchev–Trinajstić information content (AvgIpc) is 2.94. The van der Waals surface area contributed by atoms with E-state index in [0.29, 0.717) is 11.6 Å². The number of carbonyl (C=O) groups is 1. The molecule has 0 spiro atoms. The summed E-state index contributed by atoms with van der Waals surface area (Å²) in [4.78, 5) is 15.0. The highest BCUT2D eigenvalue weighted by molar-refractivity contribution is 6.30. The van der Waals surface area contributed by atoms with Gasteiger partial charge in [0.2, 0.25) is 0 Å². The summed E-state index contributed by atoms with van der Waals surface area (Å²) < 4.78 is 2.07. The minimum Gasteiger partial charge on any atom is -0.352 e. The number of hydrogen-bond acceptors (Lipinski definition) is 3. The van der Waals surface area contributed by atoms with Crippen LogP contribution in [-0.4, -0.2) is 54.6 Å². The lowest BCUT2D eigenvalue weighted by molar-refractivity contribution is 0.0950. The molecule has 7 heteroatoms. The normalized spacial score (nSPS) is 14.6. The van der Waals surface area contributed by atoms with Gasteiger partial charge in [0, 0.05) is 54.8 Å². The molecule has 1 aromatic heterocycles. The Morgan fingerprint density at radius 3 is 2.67 bits per heavy atom. The molecule has 2 aromatic rings. The highest BCUT2D eigenvalue weighted by atomic mass is 35.5. The number of aryl methyl sites for hydroxylation is 1. The lowest BCUT2D eigenvalue weighted by Gasteiger charge is -2.27. The highest BCUT2D eigenvalue weighted by Crippen LogP contribution is 2.23. The van der Waals surface area contributed by atoms with Crippen LogP contribution in [-0.2, 0) is 0 Å². The molecule has 2 heterocycles. The molecular weight excluding hydrogens is 383 g/mol. The minimum atomic E-state index is -0.00770. The topological polar surface area (TPSA) is 49.3 Å². The molecule has 148 valence electrons. The van der Waals surface area contributed by atoms with Crippen molar-refractivity contribution in [3.8, 4) is 5.69 Å². The van der Waals surface area contributed by atoms with Crippen molar-refractivity contribution in [1.82, 2.24) is 20.1 Å². The Bertz CT molecular complexity index is 769. The zero-order valence-electron chi connectivity index (χ0n) is 15.9. The van der Waals surface area contributed by atoms with Crippen molar-refractivity contribution in [3.63, 3.8) is 0 Å². The summed E-state index contributed by atoms with van der Waals surface area (Å²) in [6.07, 6.45) is 0.971. The first-order chi connectivity index (χ1) is 12.6. The molecule has 1 saturated heterocycles. The molecule has 0 atom stereocenters. The Morgan fingerprint density at radius 2 is 1.96 bits per heavy atom. The molecule has 0 saturated carbocycles. The minimum absolute atomic E-state index is 0. The van der Waals surface area contributed by atoms with Crippen LogP contribution in [0, 0.1) is 13.8 Å². The number of carbonyl (C=O) groups excluding carboxylic acids is 1. The predicted molar refractivity (Wildman–Crippen MR) is 114 cm³/mol. The molecular formula is C20H28Cl2N4O. The van der Waals surface area contributed by atoms with Crippen molar-refractivity contribution < 1.29 is 4.79 Å². The van der Waals surface area contributed by atoms with E-state index in [-0.39, 0.29) is 18.3 Å². The van der Waals surface area contributed by atoms with Gasteiger partial charge in [-0.05, 0) is 51.1 Å². The molecule has 3 rings (SSSR count). The van der Waals surface area contributed by atoms with Crippen LogP contribution >= 0.6 is 24.0 Å². The maximum atomic E-state index is 12.6. The largest absolute Gasteiger partial charge is 0.352 e. The lowest BCUT2D eigenvalue weighted by Crippen LogP contribution is -2.44. The first-order valence-electron chi connectivity index (χ1n) is 9.22. The number of rotatable bonds is 6. The Balaban J connectivity index is 0.00000261. The van der Waals surface area contributed by atoms with Crippen molar-refractivity contribution in [3.05, 3.63) is 52.3 Å². The molecule has 2 N–H and O–H groups in total. The zero-order chi connectivity index (χ0) is 18.5. The van der Waals surface area contributed by atoms with Gasteiger partial charge in [-0.3, -0.25) is 4.79 Å². The SMILES string of the molecule is Cc1cc(C(=O)NCCCN2CCNCC2)c(C)n1-c1cccc(Cl)c1.Cl. The number of nitrogens with zero attached hydrogens (tertiary/aromatic N) is 2. The molecule has 1 aliphatic heterocycles. The first kappa shape index (κ1) is 21.8. The fraction of sp³-hybridized carbons (Fsp3) is 0.450. The Morgan fingerprint density at radius 1 is 1.22 bits per heavy atom. The third-order valence-electron chi connectivity index (χ3n) is 4.89. The fourth-order valence-corrected chi connectivity index (χ4v) is 3.72. The summed E-state index contributed by atoms with van der Waals surface area (Å²) in [5, 5.41) is 7.10. The fourth-order valence-electron chi connectivity index (χ4n) is 3.54. The van der Waals surface area contributed by atoms with Gasteiger partial charge in [0.1, 0.15) is 0 Å². The van der Waals surface area contributed by atoms with Gasteiger partial charge in [-0.15, -0.1) is 12.4 Å².